The summed E-state index contributed by atoms with van der Waals surface area (Å²) < 4.78 is 11.0. The number of fused-ring (bicyclic) bond motifs is 1. The van der Waals surface area contributed by atoms with Gasteiger partial charge in [-0.2, -0.15) is 0 Å². The van der Waals surface area contributed by atoms with Crippen LogP contribution in [0.5, 0.6) is 0 Å². The van der Waals surface area contributed by atoms with Gasteiger partial charge in [-0.15, -0.1) is 22.7 Å². The number of para-hydroxylation sites is 1. The Morgan fingerprint density at radius 1 is 1.14 bits per heavy atom. The number of carbonyl (C=O) groups excluding carboxylic acids is 2. The molecule has 0 saturated carbocycles. The molecule has 3 aromatic heterocycles. The summed E-state index contributed by atoms with van der Waals surface area (Å²) >= 11 is 2.82. The standard InChI is InChI=1S/C21H17NO4S2/c1-3-25-21(24)17-14(16-9-6-10-27-16)11-28-20(17)22-19(23)18-12(2)13-7-4-5-8-15(13)26-18/h4-11H,3H2,1-2H3,(H,22,23). The number of thiophene rings is 2. The number of esters is 1. The van der Waals surface area contributed by atoms with Crippen molar-refractivity contribution in [2.75, 3.05) is 11.9 Å². The maximum absolute atomic E-state index is 12.9. The molecule has 0 atom stereocenters. The predicted molar refractivity (Wildman–Crippen MR) is 112 cm³/mol. The Bertz CT molecular complexity index is 1150. The van der Waals surface area contributed by atoms with Crippen molar-refractivity contribution in [3.8, 4) is 10.4 Å². The Morgan fingerprint density at radius 2 is 1.96 bits per heavy atom. The molecule has 0 saturated heterocycles. The van der Waals surface area contributed by atoms with E-state index in [1.807, 2.05) is 54.1 Å². The number of amides is 1. The van der Waals surface area contributed by atoms with Crippen molar-refractivity contribution in [3.63, 3.8) is 0 Å². The lowest BCUT2D eigenvalue weighted by Crippen LogP contribution is -2.15. The molecule has 0 fully saturated rings. The Kier molecular flexibility index (Phi) is 5.02. The number of hydrogen-bond donors (Lipinski definition) is 1. The molecular weight excluding hydrogens is 394 g/mol. The topological polar surface area (TPSA) is 68.5 Å². The molecule has 1 N–H and O–H groups in total. The van der Waals surface area contributed by atoms with E-state index in [1.54, 1.807) is 6.92 Å². The minimum Gasteiger partial charge on any atom is -0.462 e. The van der Waals surface area contributed by atoms with E-state index in [0.29, 0.717) is 16.1 Å². The second-order valence-corrected chi connectivity index (χ2v) is 7.89. The first kappa shape index (κ1) is 18.5. The first-order chi connectivity index (χ1) is 13.6. The monoisotopic (exact) mass is 411 g/mol. The minimum absolute atomic E-state index is 0.238. The summed E-state index contributed by atoms with van der Waals surface area (Å²) in [5.41, 5.74) is 2.55. The number of furan rings is 1. The number of benzene rings is 1. The summed E-state index contributed by atoms with van der Waals surface area (Å²) in [6, 6.07) is 11.3. The summed E-state index contributed by atoms with van der Waals surface area (Å²) in [7, 11) is 0. The van der Waals surface area contributed by atoms with Gasteiger partial charge in [0.25, 0.3) is 5.91 Å². The first-order valence-corrected chi connectivity index (χ1v) is 10.5. The van der Waals surface area contributed by atoms with Crippen LogP contribution in [0.15, 0.2) is 51.6 Å². The second kappa shape index (κ2) is 7.61. The van der Waals surface area contributed by atoms with Crippen molar-refractivity contribution < 1.29 is 18.7 Å². The largest absolute Gasteiger partial charge is 0.462 e. The smallest absolute Gasteiger partial charge is 0.341 e. The SMILES string of the molecule is CCOC(=O)c1c(-c2cccs2)csc1NC(=O)c1oc2ccccc2c1C. The van der Waals surface area contributed by atoms with Gasteiger partial charge in [0, 0.05) is 26.8 Å². The molecule has 4 aromatic rings. The number of nitrogens with one attached hydrogen (secondary N) is 1. The zero-order valence-electron chi connectivity index (χ0n) is 15.3. The van der Waals surface area contributed by atoms with Crippen LogP contribution in [-0.4, -0.2) is 18.5 Å². The van der Waals surface area contributed by atoms with Crippen molar-refractivity contribution in [3.05, 3.63) is 64.0 Å². The van der Waals surface area contributed by atoms with E-state index >= 15 is 0 Å². The molecule has 28 heavy (non-hydrogen) atoms. The average Bonchev–Trinajstić information content (AvgIpc) is 3.41. The van der Waals surface area contributed by atoms with Crippen LogP contribution in [0.2, 0.25) is 0 Å². The summed E-state index contributed by atoms with van der Waals surface area (Å²) in [4.78, 5) is 26.4. The second-order valence-electron chi connectivity index (χ2n) is 6.06. The van der Waals surface area contributed by atoms with E-state index in [2.05, 4.69) is 5.32 Å². The fourth-order valence-corrected chi connectivity index (χ4v) is 4.79. The molecular formula is C21H17NO4S2. The molecule has 1 amide bonds. The van der Waals surface area contributed by atoms with Crippen LogP contribution < -0.4 is 5.32 Å². The lowest BCUT2D eigenvalue weighted by atomic mass is 10.1. The molecule has 4 rings (SSSR count). The van der Waals surface area contributed by atoms with Crippen LogP contribution in [0.3, 0.4) is 0 Å². The van der Waals surface area contributed by atoms with E-state index < -0.39 is 5.97 Å². The normalized spacial score (nSPS) is 10.9. The highest BCUT2D eigenvalue weighted by Crippen LogP contribution is 2.38. The van der Waals surface area contributed by atoms with Gasteiger partial charge in [-0.1, -0.05) is 24.3 Å². The van der Waals surface area contributed by atoms with E-state index in [4.69, 9.17) is 9.15 Å². The molecule has 0 radical (unpaired) electrons. The molecule has 3 heterocycles. The van der Waals surface area contributed by atoms with Gasteiger partial charge in [-0.05, 0) is 31.4 Å². The van der Waals surface area contributed by atoms with Gasteiger partial charge in [0.2, 0.25) is 0 Å². The maximum Gasteiger partial charge on any atom is 0.341 e. The molecule has 0 aliphatic rings. The lowest BCUT2D eigenvalue weighted by Gasteiger charge is -2.07. The zero-order chi connectivity index (χ0) is 19.7. The van der Waals surface area contributed by atoms with Crippen molar-refractivity contribution in [1.82, 2.24) is 0 Å². The van der Waals surface area contributed by atoms with Gasteiger partial charge >= 0.3 is 5.97 Å². The third-order valence-corrected chi connectivity index (χ3v) is 6.13. The van der Waals surface area contributed by atoms with Crippen molar-refractivity contribution in [2.24, 2.45) is 0 Å². The lowest BCUT2D eigenvalue weighted by molar-refractivity contribution is 0.0529. The van der Waals surface area contributed by atoms with Crippen molar-refractivity contribution >= 4 is 50.5 Å². The molecule has 0 bridgehead atoms. The first-order valence-electron chi connectivity index (χ1n) is 8.72. The summed E-state index contributed by atoms with van der Waals surface area (Å²) in [6.07, 6.45) is 0. The molecule has 0 aliphatic heterocycles. The number of aryl methyl sites for hydroxylation is 1. The number of ether oxygens (including phenoxy) is 1. The van der Waals surface area contributed by atoms with Gasteiger partial charge in [0.05, 0.1) is 6.61 Å². The van der Waals surface area contributed by atoms with Gasteiger partial charge in [-0.3, -0.25) is 4.79 Å². The summed E-state index contributed by atoms with van der Waals surface area (Å²) in [5.74, 6) is -0.607. The minimum atomic E-state index is -0.455. The highest BCUT2D eigenvalue weighted by Gasteiger charge is 2.25. The number of carbonyl (C=O) groups is 2. The molecule has 7 heteroatoms. The van der Waals surface area contributed by atoms with E-state index in [-0.39, 0.29) is 18.3 Å². The van der Waals surface area contributed by atoms with E-state index in [9.17, 15) is 9.59 Å². The van der Waals surface area contributed by atoms with Crippen LogP contribution in [0, 0.1) is 6.92 Å². The van der Waals surface area contributed by atoms with Crippen LogP contribution in [0.25, 0.3) is 21.4 Å². The Hall–Kier alpha value is -2.90. The number of hydrogen-bond acceptors (Lipinski definition) is 6. The average molecular weight is 412 g/mol. The Labute approximate surface area is 169 Å². The quantitative estimate of drug-likeness (QED) is 0.411. The third-order valence-electron chi connectivity index (χ3n) is 4.33. The predicted octanol–water partition coefficient (Wildman–Crippen LogP) is 5.96. The molecule has 0 unspecified atom stereocenters. The Balaban J connectivity index is 1.71. The van der Waals surface area contributed by atoms with Crippen LogP contribution in [0.4, 0.5) is 5.00 Å². The molecule has 142 valence electrons. The highest BCUT2D eigenvalue weighted by atomic mass is 32.1. The highest BCUT2D eigenvalue weighted by molar-refractivity contribution is 7.17. The summed E-state index contributed by atoms with van der Waals surface area (Å²) in [5, 5.41) is 7.99. The fraction of sp³-hybridized carbons (Fsp3) is 0.143. The molecule has 0 aliphatic carbocycles. The van der Waals surface area contributed by atoms with Gasteiger partial charge in [-0.25, -0.2) is 4.79 Å². The third kappa shape index (κ3) is 3.23. The van der Waals surface area contributed by atoms with Gasteiger partial charge < -0.3 is 14.5 Å². The maximum atomic E-state index is 12.9. The van der Waals surface area contributed by atoms with Crippen LogP contribution in [0.1, 0.15) is 33.4 Å². The van der Waals surface area contributed by atoms with Crippen LogP contribution >= 0.6 is 22.7 Å². The van der Waals surface area contributed by atoms with Crippen molar-refractivity contribution in [2.45, 2.75) is 13.8 Å². The van der Waals surface area contributed by atoms with Crippen LogP contribution in [-0.2, 0) is 4.74 Å². The van der Waals surface area contributed by atoms with E-state index in [1.165, 1.54) is 22.7 Å². The summed E-state index contributed by atoms with van der Waals surface area (Å²) in [6.45, 7) is 3.86. The molecule has 5 nitrogen and oxygen atoms in total. The van der Waals surface area contributed by atoms with Gasteiger partial charge in [0.1, 0.15) is 16.1 Å². The zero-order valence-corrected chi connectivity index (χ0v) is 16.9. The van der Waals surface area contributed by atoms with E-state index in [0.717, 1.165) is 21.4 Å². The number of anilines is 1. The molecule has 1 aromatic carbocycles. The number of rotatable bonds is 5. The van der Waals surface area contributed by atoms with Gasteiger partial charge in [0.15, 0.2) is 5.76 Å². The fourth-order valence-electron chi connectivity index (χ4n) is 3.02. The Morgan fingerprint density at radius 3 is 2.68 bits per heavy atom. The molecule has 0 spiro atoms. The van der Waals surface area contributed by atoms with Crippen molar-refractivity contribution in [1.29, 1.82) is 0 Å².